The predicted octanol–water partition coefficient (Wildman–Crippen LogP) is 12.7. The van der Waals surface area contributed by atoms with E-state index in [2.05, 4.69) is 38.0 Å². The Kier molecular flexibility index (Phi) is 17.2. The Hall–Kier alpha value is -4.88. The molecule has 0 atom stereocenters. The van der Waals surface area contributed by atoms with Gasteiger partial charge in [0.1, 0.15) is 17.2 Å². The summed E-state index contributed by atoms with van der Waals surface area (Å²) in [5, 5.41) is 29.3. The lowest BCUT2D eigenvalue weighted by Crippen LogP contribution is -2.08. The van der Waals surface area contributed by atoms with E-state index in [1.165, 1.54) is 18.2 Å². The number of hydrogen-bond donors (Lipinski definition) is 2. The van der Waals surface area contributed by atoms with Crippen molar-refractivity contribution in [2.24, 2.45) is 0 Å². The normalized spacial score (nSPS) is 11.1. The highest BCUT2D eigenvalue weighted by Crippen LogP contribution is 2.38. The minimum Gasteiger partial charge on any atom is -0.493 e. The summed E-state index contributed by atoms with van der Waals surface area (Å²) < 4.78 is 34.6. The molecule has 0 aliphatic rings. The molecular formula is C45H48Cl4N2O10. The summed E-state index contributed by atoms with van der Waals surface area (Å²) in [5.74, 6) is -0.00558. The standard InChI is InChI=1S/C23H25Cl2NO5.C22H23Cl2NO5/c1-4-7-15-19(9-8-14-18(5-2)26-31-22(14)15)29-10-6-11-30-21-13(3)20(25)16(23(27)28)12-17(21)24;1-3-6-15-19(8-7-14-18(4-2)25-30-20(14)15)28-9-5-10-29-21-16(23)11-13(22(26)27)12-17(21)24/h8-9,12H,4-7,10-11H2,1-3H3,(H,27,28);7-8,11-12H,3-6,9-10H2,1-2H3,(H,26,27). The van der Waals surface area contributed by atoms with E-state index in [9.17, 15) is 14.7 Å². The van der Waals surface area contributed by atoms with Gasteiger partial charge in [-0.15, -0.1) is 0 Å². The van der Waals surface area contributed by atoms with Gasteiger partial charge < -0.3 is 38.2 Å². The van der Waals surface area contributed by atoms with E-state index in [-0.39, 0.29) is 37.0 Å². The van der Waals surface area contributed by atoms with Crippen molar-refractivity contribution in [1.82, 2.24) is 10.3 Å². The highest BCUT2D eigenvalue weighted by atomic mass is 35.5. The van der Waals surface area contributed by atoms with E-state index in [0.717, 1.165) is 94.5 Å². The van der Waals surface area contributed by atoms with Gasteiger partial charge in [-0.1, -0.05) is 97.3 Å². The van der Waals surface area contributed by atoms with E-state index >= 15 is 0 Å². The Morgan fingerprint density at radius 2 is 1.07 bits per heavy atom. The summed E-state index contributed by atoms with van der Waals surface area (Å²) in [4.78, 5) is 22.3. The van der Waals surface area contributed by atoms with Gasteiger partial charge in [-0.05, 0) is 75.1 Å². The number of carbonyl (C=O) groups is 2. The number of aromatic carboxylic acids is 2. The van der Waals surface area contributed by atoms with Crippen molar-refractivity contribution in [2.75, 3.05) is 26.4 Å². The molecule has 0 fully saturated rings. The molecule has 0 spiro atoms. The number of aromatic nitrogens is 2. The minimum absolute atomic E-state index is 0.0122. The maximum atomic E-state index is 11.2. The van der Waals surface area contributed by atoms with Crippen LogP contribution >= 0.6 is 46.4 Å². The average Bonchev–Trinajstić information content (AvgIpc) is 3.86. The first-order valence-corrected chi connectivity index (χ1v) is 21.6. The molecule has 0 saturated heterocycles. The van der Waals surface area contributed by atoms with Crippen LogP contribution in [0.4, 0.5) is 0 Å². The Labute approximate surface area is 373 Å². The first-order chi connectivity index (χ1) is 29.3. The van der Waals surface area contributed by atoms with Gasteiger partial charge in [-0.25, -0.2) is 9.59 Å². The van der Waals surface area contributed by atoms with Gasteiger partial charge in [0.25, 0.3) is 0 Å². The molecule has 326 valence electrons. The second-order valence-electron chi connectivity index (χ2n) is 14.0. The summed E-state index contributed by atoms with van der Waals surface area (Å²) >= 11 is 24.5. The average molecular weight is 919 g/mol. The highest BCUT2D eigenvalue weighted by molar-refractivity contribution is 6.38. The smallest absolute Gasteiger partial charge is 0.337 e. The Morgan fingerprint density at radius 1 is 0.623 bits per heavy atom. The van der Waals surface area contributed by atoms with Crippen molar-refractivity contribution in [1.29, 1.82) is 0 Å². The molecule has 2 N–H and O–H groups in total. The number of benzene rings is 4. The van der Waals surface area contributed by atoms with Crippen LogP contribution in [0.3, 0.4) is 0 Å². The summed E-state index contributed by atoms with van der Waals surface area (Å²) in [6.45, 7) is 11.5. The molecule has 0 saturated carbocycles. The number of carboxylic acids is 2. The van der Waals surface area contributed by atoms with Crippen LogP contribution in [0.5, 0.6) is 23.0 Å². The Morgan fingerprint density at radius 3 is 1.49 bits per heavy atom. The number of carboxylic acid groups (broad SMARTS) is 2. The molecule has 2 aromatic heterocycles. The number of rotatable bonds is 20. The van der Waals surface area contributed by atoms with Crippen molar-refractivity contribution < 1.29 is 47.8 Å². The molecule has 12 nitrogen and oxygen atoms in total. The quantitative estimate of drug-likeness (QED) is 0.0698. The lowest BCUT2D eigenvalue weighted by Gasteiger charge is -2.15. The fourth-order valence-corrected chi connectivity index (χ4v) is 7.78. The van der Waals surface area contributed by atoms with Crippen LogP contribution in [0.2, 0.25) is 20.1 Å². The van der Waals surface area contributed by atoms with Crippen molar-refractivity contribution in [3.8, 4) is 23.0 Å². The minimum atomic E-state index is -1.13. The van der Waals surface area contributed by atoms with E-state index < -0.39 is 11.9 Å². The lowest BCUT2D eigenvalue weighted by molar-refractivity contribution is 0.0686. The molecule has 6 aromatic rings. The number of nitrogens with zero attached hydrogens (tertiary/aromatic N) is 2. The molecule has 4 aromatic carbocycles. The van der Waals surface area contributed by atoms with Gasteiger partial charge in [0.15, 0.2) is 16.9 Å². The van der Waals surface area contributed by atoms with E-state index in [1.54, 1.807) is 6.92 Å². The third kappa shape index (κ3) is 11.3. The second-order valence-corrected chi connectivity index (χ2v) is 15.6. The fraction of sp³-hybridized carbons (Fsp3) is 0.378. The summed E-state index contributed by atoms with van der Waals surface area (Å²) in [6.07, 6.45) is 6.43. The molecule has 6 rings (SSSR count). The number of fused-ring (bicyclic) bond motifs is 2. The molecule has 61 heavy (non-hydrogen) atoms. The number of hydrogen-bond acceptors (Lipinski definition) is 10. The Bertz CT molecular complexity index is 2460. The van der Waals surface area contributed by atoms with Crippen molar-refractivity contribution in [2.45, 2.75) is 86.0 Å². The van der Waals surface area contributed by atoms with E-state index in [4.69, 9.17) is 79.5 Å². The first-order valence-electron chi connectivity index (χ1n) is 20.1. The third-order valence-corrected chi connectivity index (χ3v) is 11.0. The number of halogens is 4. The van der Waals surface area contributed by atoms with Gasteiger partial charge in [0, 0.05) is 40.3 Å². The summed E-state index contributed by atoms with van der Waals surface area (Å²) in [7, 11) is 0. The zero-order valence-corrected chi connectivity index (χ0v) is 37.6. The number of ether oxygens (including phenoxy) is 4. The maximum absolute atomic E-state index is 11.2. The van der Waals surface area contributed by atoms with Gasteiger partial charge in [0.05, 0.1) is 69.0 Å². The Balaban J connectivity index is 0.000000231. The molecule has 0 bridgehead atoms. The van der Waals surface area contributed by atoms with Crippen LogP contribution in [0.15, 0.2) is 51.5 Å². The van der Waals surface area contributed by atoms with Crippen LogP contribution in [-0.2, 0) is 25.7 Å². The molecule has 0 aliphatic carbocycles. The zero-order chi connectivity index (χ0) is 44.2. The van der Waals surface area contributed by atoms with Gasteiger partial charge in [-0.2, -0.15) is 0 Å². The van der Waals surface area contributed by atoms with Crippen molar-refractivity contribution in [3.05, 3.63) is 102 Å². The van der Waals surface area contributed by atoms with Gasteiger partial charge >= 0.3 is 11.9 Å². The summed E-state index contributed by atoms with van der Waals surface area (Å²) in [5.41, 5.74) is 6.01. The van der Waals surface area contributed by atoms with Crippen LogP contribution < -0.4 is 18.9 Å². The number of aryl methyl sites for hydroxylation is 4. The van der Waals surface area contributed by atoms with E-state index in [0.29, 0.717) is 50.6 Å². The molecule has 2 heterocycles. The van der Waals surface area contributed by atoms with Crippen LogP contribution in [0.25, 0.3) is 21.9 Å². The zero-order valence-electron chi connectivity index (χ0n) is 34.6. The molecular weight excluding hydrogens is 870 g/mol. The molecule has 0 unspecified atom stereocenters. The second kappa shape index (κ2) is 22.3. The highest BCUT2D eigenvalue weighted by Gasteiger charge is 2.20. The van der Waals surface area contributed by atoms with Gasteiger partial charge in [-0.3, -0.25) is 0 Å². The first kappa shape index (κ1) is 47.2. The predicted molar refractivity (Wildman–Crippen MR) is 238 cm³/mol. The SMILES string of the molecule is CCCc1c(OCCCOc2c(Cl)cc(C(=O)O)c(Cl)c2C)ccc2c(CC)noc12.CCCc1c(OCCCOc2c(Cl)cc(C(=O)O)cc2Cl)ccc2c(CC)noc12. The van der Waals surface area contributed by atoms with Crippen molar-refractivity contribution >= 4 is 80.3 Å². The van der Waals surface area contributed by atoms with E-state index in [1.807, 2.05) is 24.3 Å². The van der Waals surface area contributed by atoms with Crippen molar-refractivity contribution in [3.63, 3.8) is 0 Å². The van der Waals surface area contributed by atoms with Gasteiger partial charge in [0.2, 0.25) is 0 Å². The summed E-state index contributed by atoms with van der Waals surface area (Å²) in [6, 6.07) is 11.8. The fourth-order valence-electron chi connectivity index (χ4n) is 6.66. The topological polar surface area (TPSA) is 164 Å². The maximum Gasteiger partial charge on any atom is 0.337 e. The van der Waals surface area contributed by atoms with Crippen LogP contribution in [0, 0.1) is 6.92 Å². The van der Waals surface area contributed by atoms with Crippen LogP contribution in [0.1, 0.15) is 102 Å². The third-order valence-electron chi connectivity index (χ3n) is 9.68. The monoisotopic (exact) mass is 916 g/mol. The largest absolute Gasteiger partial charge is 0.493 e. The molecule has 0 aliphatic heterocycles. The van der Waals surface area contributed by atoms with Crippen LogP contribution in [-0.4, -0.2) is 58.9 Å². The molecule has 0 amide bonds. The molecule has 0 radical (unpaired) electrons. The molecule has 16 heteroatoms. The lowest BCUT2D eigenvalue weighted by atomic mass is 10.0.